The number of carbonyl (C=O) groups is 1. The number of hydrogen-bond donors (Lipinski definition) is 2. The number of benzene rings is 1. The summed E-state index contributed by atoms with van der Waals surface area (Å²) < 4.78 is 0. The molecule has 0 saturated heterocycles. The van der Waals surface area contributed by atoms with E-state index in [-0.39, 0.29) is 18.0 Å². The van der Waals surface area contributed by atoms with Gasteiger partial charge in [-0.05, 0) is 36.5 Å². The van der Waals surface area contributed by atoms with E-state index in [0.29, 0.717) is 12.8 Å². The van der Waals surface area contributed by atoms with Crippen LogP contribution in [0, 0.1) is 11.8 Å². The molecule has 29 heavy (non-hydrogen) atoms. The minimum Gasteiger partial charge on any atom is -0.508 e. The van der Waals surface area contributed by atoms with Crippen LogP contribution in [-0.2, 0) is 11.2 Å². The van der Waals surface area contributed by atoms with Crippen molar-refractivity contribution in [1.82, 2.24) is 0 Å². The van der Waals surface area contributed by atoms with Crippen molar-refractivity contribution in [3.05, 3.63) is 29.8 Å². The SMILES string of the molecule is CCCCCCCCCCCCCC(O)CC(=O)C#CCCc1ccc(O)cc1. The number of phenolic OH excluding ortho intramolecular Hbond substituents is 1. The fraction of sp³-hybridized carbons (Fsp3) is 0.654. The van der Waals surface area contributed by atoms with E-state index in [1.165, 1.54) is 57.8 Å². The zero-order chi connectivity index (χ0) is 21.2. The fourth-order valence-electron chi connectivity index (χ4n) is 3.44. The van der Waals surface area contributed by atoms with Gasteiger partial charge in [-0.2, -0.15) is 0 Å². The number of phenols is 1. The highest BCUT2D eigenvalue weighted by Crippen LogP contribution is 2.13. The highest BCUT2D eigenvalue weighted by atomic mass is 16.3. The number of Topliss-reactive ketones (excluding diaryl/α,β-unsaturated/α-hetero) is 1. The molecule has 1 atom stereocenters. The van der Waals surface area contributed by atoms with Crippen LogP contribution in [0.25, 0.3) is 0 Å². The van der Waals surface area contributed by atoms with Gasteiger partial charge in [-0.15, -0.1) is 0 Å². The molecule has 1 unspecified atom stereocenters. The standard InChI is InChI=1S/C26H40O3/c1-2-3-4-5-6-7-8-9-10-11-12-16-25(28)22-26(29)17-14-13-15-23-18-20-24(27)21-19-23/h18-21,25,27-28H,2-13,15-16,22H2,1H3. The number of hydrogen-bond acceptors (Lipinski definition) is 3. The van der Waals surface area contributed by atoms with Gasteiger partial charge in [0.2, 0.25) is 5.78 Å². The van der Waals surface area contributed by atoms with Gasteiger partial charge >= 0.3 is 0 Å². The molecule has 0 aliphatic heterocycles. The van der Waals surface area contributed by atoms with E-state index in [9.17, 15) is 15.0 Å². The first-order chi connectivity index (χ1) is 14.1. The summed E-state index contributed by atoms with van der Waals surface area (Å²) in [4.78, 5) is 11.8. The van der Waals surface area contributed by atoms with Gasteiger partial charge in [0.1, 0.15) is 5.75 Å². The Morgan fingerprint density at radius 3 is 2.03 bits per heavy atom. The maximum atomic E-state index is 11.8. The van der Waals surface area contributed by atoms with Crippen molar-refractivity contribution in [1.29, 1.82) is 0 Å². The van der Waals surface area contributed by atoms with E-state index >= 15 is 0 Å². The Hall–Kier alpha value is -1.79. The van der Waals surface area contributed by atoms with Crippen molar-refractivity contribution in [2.24, 2.45) is 0 Å². The predicted octanol–water partition coefficient (Wildman–Crippen LogP) is 6.35. The minimum atomic E-state index is -0.563. The van der Waals surface area contributed by atoms with Crippen molar-refractivity contribution in [3.8, 4) is 17.6 Å². The molecule has 1 aromatic carbocycles. The lowest BCUT2D eigenvalue weighted by molar-refractivity contribution is -0.115. The van der Waals surface area contributed by atoms with E-state index in [2.05, 4.69) is 18.8 Å². The lowest BCUT2D eigenvalue weighted by atomic mass is 10.0. The van der Waals surface area contributed by atoms with Gasteiger partial charge in [-0.25, -0.2) is 0 Å². The van der Waals surface area contributed by atoms with Gasteiger partial charge in [-0.3, -0.25) is 4.79 Å². The molecule has 0 spiro atoms. The molecule has 1 rings (SSSR count). The third-order valence-electron chi connectivity index (χ3n) is 5.26. The van der Waals surface area contributed by atoms with Crippen LogP contribution in [0.5, 0.6) is 5.75 Å². The minimum absolute atomic E-state index is 0.143. The van der Waals surface area contributed by atoms with Gasteiger partial charge in [0, 0.05) is 12.8 Å². The van der Waals surface area contributed by atoms with Gasteiger partial charge in [-0.1, -0.05) is 95.6 Å². The summed E-state index contributed by atoms with van der Waals surface area (Å²) in [5, 5.41) is 19.3. The van der Waals surface area contributed by atoms with E-state index in [0.717, 1.165) is 24.8 Å². The maximum absolute atomic E-state index is 11.8. The van der Waals surface area contributed by atoms with Crippen LogP contribution < -0.4 is 0 Å². The molecule has 2 N–H and O–H groups in total. The Kier molecular flexibility index (Phi) is 14.9. The fourth-order valence-corrected chi connectivity index (χ4v) is 3.44. The number of aromatic hydroxyl groups is 1. The Morgan fingerprint density at radius 2 is 1.45 bits per heavy atom. The van der Waals surface area contributed by atoms with Crippen LogP contribution in [0.15, 0.2) is 24.3 Å². The molecule has 0 aliphatic carbocycles. The molecular weight excluding hydrogens is 360 g/mol. The van der Waals surface area contributed by atoms with Crippen molar-refractivity contribution < 1.29 is 15.0 Å². The first kappa shape index (κ1) is 25.2. The number of rotatable bonds is 16. The third kappa shape index (κ3) is 14.8. The van der Waals surface area contributed by atoms with Crippen molar-refractivity contribution in [3.63, 3.8) is 0 Å². The number of unbranched alkanes of at least 4 members (excludes halogenated alkanes) is 10. The molecule has 0 heterocycles. The Labute approximate surface area is 177 Å². The number of carbonyl (C=O) groups excluding carboxylic acids is 1. The van der Waals surface area contributed by atoms with Crippen molar-refractivity contribution in [2.45, 2.75) is 109 Å². The Balaban J connectivity index is 1.98. The summed E-state index contributed by atoms with van der Waals surface area (Å²) in [6.45, 7) is 2.25. The van der Waals surface area contributed by atoms with E-state index in [4.69, 9.17) is 0 Å². The highest BCUT2D eigenvalue weighted by molar-refractivity contribution is 5.95. The first-order valence-electron chi connectivity index (χ1n) is 11.6. The maximum Gasteiger partial charge on any atom is 0.208 e. The molecule has 162 valence electrons. The van der Waals surface area contributed by atoms with E-state index < -0.39 is 6.10 Å². The van der Waals surface area contributed by atoms with E-state index in [1.54, 1.807) is 12.1 Å². The average Bonchev–Trinajstić information content (AvgIpc) is 2.70. The van der Waals surface area contributed by atoms with Crippen LogP contribution in [0.4, 0.5) is 0 Å². The third-order valence-corrected chi connectivity index (χ3v) is 5.26. The second-order valence-corrected chi connectivity index (χ2v) is 8.07. The van der Waals surface area contributed by atoms with Crippen molar-refractivity contribution >= 4 is 5.78 Å². The first-order valence-corrected chi connectivity index (χ1v) is 11.6. The molecule has 0 fully saturated rings. The van der Waals surface area contributed by atoms with Gasteiger partial charge in [0.05, 0.1) is 6.10 Å². The van der Waals surface area contributed by atoms with Gasteiger partial charge in [0.25, 0.3) is 0 Å². The number of aliphatic hydroxyl groups excluding tert-OH is 1. The van der Waals surface area contributed by atoms with Crippen LogP contribution in [0.2, 0.25) is 0 Å². The summed E-state index contributed by atoms with van der Waals surface area (Å²) in [6, 6.07) is 7.02. The lowest BCUT2D eigenvalue weighted by Gasteiger charge is -2.07. The largest absolute Gasteiger partial charge is 0.508 e. The Morgan fingerprint density at radius 1 is 0.897 bits per heavy atom. The second kappa shape index (κ2) is 17.1. The van der Waals surface area contributed by atoms with Crippen LogP contribution >= 0.6 is 0 Å². The predicted molar refractivity (Wildman–Crippen MR) is 121 cm³/mol. The molecule has 0 bridgehead atoms. The molecule has 0 saturated carbocycles. The molecule has 1 aromatic rings. The van der Waals surface area contributed by atoms with Crippen LogP contribution in [0.3, 0.4) is 0 Å². The highest BCUT2D eigenvalue weighted by Gasteiger charge is 2.08. The van der Waals surface area contributed by atoms with Gasteiger partial charge in [0.15, 0.2) is 0 Å². The molecule has 0 aromatic heterocycles. The number of aryl methyl sites for hydroxylation is 1. The smallest absolute Gasteiger partial charge is 0.208 e. The normalized spacial score (nSPS) is 11.7. The van der Waals surface area contributed by atoms with Gasteiger partial charge < -0.3 is 10.2 Å². The summed E-state index contributed by atoms with van der Waals surface area (Å²) in [7, 11) is 0. The zero-order valence-corrected chi connectivity index (χ0v) is 18.3. The molecular formula is C26H40O3. The van der Waals surface area contributed by atoms with Crippen LogP contribution in [0.1, 0.15) is 102 Å². The summed E-state index contributed by atoms with van der Waals surface area (Å²) >= 11 is 0. The number of aliphatic hydroxyl groups is 1. The topological polar surface area (TPSA) is 57.5 Å². The number of ketones is 1. The molecule has 0 amide bonds. The van der Waals surface area contributed by atoms with Crippen LogP contribution in [-0.4, -0.2) is 22.1 Å². The lowest BCUT2D eigenvalue weighted by Crippen LogP contribution is -2.12. The molecule has 3 heteroatoms. The Bertz CT molecular complexity index is 595. The molecule has 3 nitrogen and oxygen atoms in total. The van der Waals surface area contributed by atoms with E-state index in [1.807, 2.05) is 12.1 Å². The average molecular weight is 401 g/mol. The monoisotopic (exact) mass is 400 g/mol. The summed E-state index contributed by atoms with van der Waals surface area (Å²) in [5.41, 5.74) is 1.08. The summed E-state index contributed by atoms with van der Waals surface area (Å²) in [5.74, 6) is 5.61. The zero-order valence-electron chi connectivity index (χ0n) is 18.3. The molecule has 0 aliphatic rings. The van der Waals surface area contributed by atoms with Crippen molar-refractivity contribution in [2.75, 3.05) is 0 Å². The summed E-state index contributed by atoms with van der Waals surface area (Å²) in [6.07, 6.45) is 15.8. The molecule has 0 radical (unpaired) electrons. The quantitative estimate of drug-likeness (QED) is 0.193. The second-order valence-electron chi connectivity index (χ2n) is 8.07.